The molecule has 23 nitrogen and oxygen atoms in total. The largest absolute Gasteiger partial charge is 0.472 e. The van der Waals surface area contributed by atoms with E-state index in [4.69, 9.17) is 37.0 Å². The van der Waals surface area contributed by atoms with Crippen molar-refractivity contribution in [1.82, 2.24) is 21.3 Å². The lowest BCUT2D eigenvalue weighted by Gasteiger charge is -2.24. The highest BCUT2D eigenvalue weighted by atomic mass is 31.2. The fourth-order valence-corrected chi connectivity index (χ4v) is 14.9. The van der Waals surface area contributed by atoms with Gasteiger partial charge in [-0.05, 0) is 38.5 Å². The van der Waals surface area contributed by atoms with Crippen LogP contribution in [0.4, 0.5) is 4.79 Å². The molecule has 0 bridgehead atoms. The molecule has 0 heterocycles. The molecule has 0 saturated carbocycles. The van der Waals surface area contributed by atoms with E-state index in [-0.39, 0.29) is 63.6 Å². The summed E-state index contributed by atoms with van der Waals surface area (Å²) < 4.78 is 71.9. The number of nitrogens with one attached hydrogen (secondary N) is 4. The third-order valence-corrected chi connectivity index (χ3v) is 22.2. The number of carbonyl (C=O) groups is 7. The van der Waals surface area contributed by atoms with Crippen molar-refractivity contribution in [3.63, 3.8) is 0 Å². The molecule has 4 amide bonds. The summed E-state index contributed by atoms with van der Waals surface area (Å²) in [5, 5.41) is 10.4. The van der Waals surface area contributed by atoms with Crippen LogP contribution in [-0.2, 0) is 74.9 Å². The molecule has 0 rings (SSSR count). The second-order valence-corrected chi connectivity index (χ2v) is 34.3. The molecule has 25 heteroatoms. The summed E-state index contributed by atoms with van der Waals surface area (Å²) in [6.45, 7) is 9.80. The second-order valence-electron chi connectivity index (χ2n) is 31.4. The fourth-order valence-electron chi connectivity index (χ4n) is 13.4. The first-order chi connectivity index (χ1) is 54.3. The average molecular weight is 1640 g/mol. The molecule has 0 saturated heterocycles. The monoisotopic (exact) mass is 1640 g/mol. The first-order valence-corrected chi connectivity index (χ1v) is 48.8. The molecule has 0 aliphatic carbocycles. The Morgan fingerprint density at radius 1 is 0.295 bits per heavy atom. The minimum Gasteiger partial charge on any atom is -0.436 e. The molecule has 0 fully saturated rings. The molecule has 0 aromatic rings. The lowest BCUT2D eigenvalue weighted by atomic mass is 10.0. The van der Waals surface area contributed by atoms with Gasteiger partial charge in [-0.15, -0.1) is 0 Å². The summed E-state index contributed by atoms with van der Waals surface area (Å²) in [4.78, 5) is 114. The van der Waals surface area contributed by atoms with Crippen LogP contribution in [-0.4, -0.2) is 129 Å². The zero-order chi connectivity index (χ0) is 82.3. The summed E-state index contributed by atoms with van der Waals surface area (Å²) >= 11 is 0. The maximum absolute atomic E-state index is 13.4. The summed E-state index contributed by atoms with van der Waals surface area (Å²) in [5.74, 6) is -2.51. The van der Waals surface area contributed by atoms with Gasteiger partial charge in [0.15, 0.2) is 0 Å². The topological polar surface area (TPSA) is 316 Å². The van der Waals surface area contributed by atoms with E-state index < -0.39 is 109 Å². The van der Waals surface area contributed by atoms with E-state index >= 15 is 0 Å². The minimum atomic E-state index is -4.86. The van der Waals surface area contributed by atoms with E-state index in [2.05, 4.69) is 62.8 Å². The Balaban J connectivity index is 5.92. The number of unbranched alkanes of at least 4 members (excludes halogenated alkanes) is 48. The van der Waals surface area contributed by atoms with Gasteiger partial charge in [0, 0.05) is 51.6 Å². The molecule has 0 aliphatic rings. The van der Waals surface area contributed by atoms with Crippen molar-refractivity contribution in [3.05, 3.63) is 0 Å². The number of amides is 4. The van der Waals surface area contributed by atoms with Gasteiger partial charge in [-0.2, -0.15) is 0 Å². The molecule has 0 spiro atoms. The summed E-state index contributed by atoms with van der Waals surface area (Å²) in [6.07, 6.45) is 57.8. The molecule has 6 N–H and O–H groups in total. The van der Waals surface area contributed by atoms with E-state index in [0.717, 1.165) is 167 Å². The predicted octanol–water partition coefficient (Wildman–Crippen LogP) is 22.7. The van der Waals surface area contributed by atoms with Crippen LogP contribution in [0, 0.1) is 0 Å². The number of esters is 2. The lowest BCUT2D eigenvalue weighted by molar-refractivity contribution is -0.183. The van der Waals surface area contributed by atoms with Crippen LogP contribution in [0.3, 0.4) is 0 Å². The molecule has 112 heavy (non-hydrogen) atoms. The van der Waals surface area contributed by atoms with Crippen LogP contribution in [0.1, 0.15) is 440 Å². The van der Waals surface area contributed by atoms with Crippen molar-refractivity contribution < 1.29 is 89.5 Å². The number of carbonyl (C=O) groups excluding carboxylic acids is 7. The van der Waals surface area contributed by atoms with Gasteiger partial charge in [0.2, 0.25) is 24.4 Å². The maximum Gasteiger partial charge on any atom is 0.472 e. The standard InChI is InChI=1S/C87H168N4O19P2/c1-7-13-19-25-31-35-37-41-47-51-57-63-83(96)109-85(65-59-53-43-29-23-17-11-5)103-73-77(90-81(94)71-79(92)61-55-49-45-39-33-27-21-15-9-3)75-107-111(99,100)105-69-67-88-87(98)89-68-70-106-112(101,102)108-76-78(91-82(95)72-80(93)62-56-50-46-40-34-28-22-16-10-4)74-104-86(66-60-54-44-30-24-18-12-6)110-84(97)64-58-52-48-42-38-36-32-26-20-14-8-2/h77-78,85-86H,7-76H2,1-6H3,(H,90,94)(H,91,95)(H,99,100)(H,101,102)(H2,88,89,98)/t77-,78-,85-,86-/m1/s1. The highest BCUT2D eigenvalue weighted by molar-refractivity contribution is 7.47. The summed E-state index contributed by atoms with van der Waals surface area (Å²) in [6, 6.07) is -2.93. The second kappa shape index (κ2) is 80.1. The molecule has 0 radical (unpaired) electrons. The third-order valence-electron chi connectivity index (χ3n) is 20.3. The number of rotatable bonds is 88. The fraction of sp³-hybridized carbons (Fsp3) is 0.920. The lowest BCUT2D eigenvalue weighted by Crippen LogP contribution is -2.43. The number of hydrogen-bond acceptors (Lipinski definition) is 17. The average Bonchev–Trinajstić information content (AvgIpc) is 0.905. The zero-order valence-corrected chi connectivity index (χ0v) is 73.8. The van der Waals surface area contributed by atoms with Gasteiger partial charge in [0.25, 0.3) is 0 Å². The van der Waals surface area contributed by atoms with Gasteiger partial charge in [0.1, 0.15) is 11.6 Å². The number of urea groups is 1. The molecule has 2 unspecified atom stereocenters. The number of ether oxygens (including phenoxy) is 4. The van der Waals surface area contributed by atoms with E-state index in [0.29, 0.717) is 38.5 Å². The van der Waals surface area contributed by atoms with E-state index in [1.165, 1.54) is 154 Å². The Labute approximate surface area is 681 Å². The summed E-state index contributed by atoms with van der Waals surface area (Å²) in [5.41, 5.74) is 0. The van der Waals surface area contributed by atoms with E-state index in [9.17, 15) is 52.5 Å². The molecular formula is C87H168N4O19P2. The van der Waals surface area contributed by atoms with Crippen molar-refractivity contribution in [2.75, 3.05) is 52.7 Å². The Morgan fingerprint density at radius 2 is 0.527 bits per heavy atom. The molecular weight excluding hydrogens is 1470 g/mol. The van der Waals surface area contributed by atoms with Crippen LogP contribution in [0.5, 0.6) is 0 Å². The normalized spacial score (nSPS) is 13.7. The van der Waals surface area contributed by atoms with Gasteiger partial charge < -0.3 is 50.0 Å². The van der Waals surface area contributed by atoms with Crippen molar-refractivity contribution in [3.8, 4) is 0 Å². The Hall–Kier alpha value is -3.37. The van der Waals surface area contributed by atoms with Crippen molar-refractivity contribution in [2.24, 2.45) is 0 Å². The number of ketones is 2. The quantitative estimate of drug-likeness (QED) is 0.0108. The molecule has 0 aromatic heterocycles. The van der Waals surface area contributed by atoms with Crippen molar-refractivity contribution >= 4 is 57.0 Å². The number of phosphoric acid groups is 2. The first kappa shape index (κ1) is 109. The molecule has 6 atom stereocenters. The van der Waals surface area contributed by atoms with Gasteiger partial charge in [-0.25, -0.2) is 13.9 Å². The molecule has 0 aliphatic heterocycles. The van der Waals surface area contributed by atoms with Crippen molar-refractivity contribution in [2.45, 2.75) is 464 Å². The minimum absolute atomic E-state index is 0.230. The maximum atomic E-state index is 13.4. The third kappa shape index (κ3) is 76.6. The first-order valence-electron chi connectivity index (χ1n) is 45.8. The SMILES string of the molecule is CCCCCCCCCCCCCC(=O)O[C@H](CCCCCCCCC)OC[C@H](COP(=O)(O)OCCNC(=O)NCCOP(=O)(O)OC[C@@H](CO[C@@H](CCCCCCCCC)OC(=O)CCCCCCCCCCCCC)NC(=O)CC(=O)CCCCCCCCCCC)NC(=O)CC(=O)CCCCCCCCCCC. The van der Waals surface area contributed by atoms with Crippen LogP contribution < -0.4 is 21.3 Å². The Bertz CT molecular complexity index is 2190. The summed E-state index contributed by atoms with van der Waals surface area (Å²) in [7, 11) is -9.71. The van der Waals surface area contributed by atoms with Crippen LogP contribution in [0.25, 0.3) is 0 Å². The number of phosphoric ester groups is 2. The van der Waals surface area contributed by atoms with Crippen LogP contribution in [0.2, 0.25) is 0 Å². The number of hydrogen-bond donors (Lipinski definition) is 6. The van der Waals surface area contributed by atoms with E-state index in [1.54, 1.807) is 0 Å². The predicted molar refractivity (Wildman–Crippen MR) is 451 cm³/mol. The Kier molecular flexibility index (Phi) is 77.7. The molecule has 0 aromatic carbocycles. The highest BCUT2D eigenvalue weighted by Crippen LogP contribution is 2.44. The van der Waals surface area contributed by atoms with Crippen LogP contribution >= 0.6 is 15.6 Å². The Morgan fingerprint density at radius 3 is 0.786 bits per heavy atom. The highest BCUT2D eigenvalue weighted by Gasteiger charge is 2.29. The van der Waals surface area contributed by atoms with Gasteiger partial charge in [-0.3, -0.25) is 46.9 Å². The number of Topliss-reactive ketones (excluding diaryl/α,β-unsaturated/α-hetero) is 2. The van der Waals surface area contributed by atoms with Gasteiger partial charge in [-0.1, -0.05) is 350 Å². The van der Waals surface area contributed by atoms with E-state index in [1.807, 2.05) is 0 Å². The molecule has 660 valence electrons. The van der Waals surface area contributed by atoms with Gasteiger partial charge in [0.05, 0.1) is 64.6 Å². The zero-order valence-electron chi connectivity index (χ0n) is 72.0. The van der Waals surface area contributed by atoms with Gasteiger partial charge >= 0.3 is 33.6 Å². The smallest absolute Gasteiger partial charge is 0.436 e. The van der Waals surface area contributed by atoms with Crippen LogP contribution in [0.15, 0.2) is 0 Å². The van der Waals surface area contributed by atoms with Crippen molar-refractivity contribution in [1.29, 1.82) is 0 Å².